The summed E-state index contributed by atoms with van der Waals surface area (Å²) >= 11 is 0. The first-order valence-electron chi connectivity index (χ1n) is 51.0. The molecule has 0 aliphatic carbocycles. The highest BCUT2D eigenvalue weighted by atomic mass is 16.4. The van der Waals surface area contributed by atoms with E-state index in [1.807, 2.05) is 0 Å². The number of carbonyl (C=O) groups is 21. The van der Waals surface area contributed by atoms with Crippen molar-refractivity contribution in [2.75, 3.05) is 105 Å². The van der Waals surface area contributed by atoms with Crippen LogP contribution < -0.4 is 98.6 Å². The smallest absolute Gasteiger partial charge is 0.326 e. The van der Waals surface area contributed by atoms with Crippen LogP contribution in [0.2, 0.25) is 0 Å². The maximum Gasteiger partial charge on any atom is 0.326 e. The Kier molecular flexibility index (Phi) is 46.4. The molecule has 0 unspecified atom stereocenters. The number of hydrogen-bond donors (Lipinski definition) is 24. The number of carbonyl (C=O) groups excluding carboxylic acids is 20. The third-order valence-electron chi connectivity index (χ3n) is 27.2. The van der Waals surface area contributed by atoms with Gasteiger partial charge in [-0.1, -0.05) is 60.1 Å². The van der Waals surface area contributed by atoms with E-state index >= 15 is 38.4 Å². The number of imidazole rings is 1. The molecule has 1 aromatic heterocycles. The van der Waals surface area contributed by atoms with Crippen molar-refractivity contribution in [3.63, 3.8) is 0 Å². The number of carboxylic acid groups (broad SMARTS) is 1. The van der Waals surface area contributed by atoms with Gasteiger partial charge in [0.25, 0.3) is 0 Å². The number of benzene rings is 1. The van der Waals surface area contributed by atoms with Crippen LogP contribution in [0.1, 0.15) is 188 Å². The van der Waals surface area contributed by atoms with E-state index in [2.05, 4.69) is 68.5 Å². The van der Waals surface area contributed by atoms with Crippen LogP contribution in [0.25, 0.3) is 0 Å². The van der Waals surface area contributed by atoms with Gasteiger partial charge in [0.05, 0.1) is 51.0 Å². The highest BCUT2D eigenvalue weighted by Crippen LogP contribution is 2.31. The van der Waals surface area contributed by atoms with Crippen LogP contribution in [0.3, 0.4) is 0 Å². The number of phenolic OH excluding ortho intramolecular Hbond substituents is 1. The van der Waals surface area contributed by atoms with Gasteiger partial charge in [0.15, 0.2) is 17.9 Å². The first-order valence-corrected chi connectivity index (χ1v) is 51.0. The molecule has 1 aromatic carbocycles. The minimum absolute atomic E-state index is 0.00761. The molecule has 20 amide bonds. The molecule has 31 N–H and O–H groups in total. The predicted molar refractivity (Wildman–Crippen MR) is 538 cm³/mol. The Labute approximate surface area is 868 Å². The topological polar surface area (TPSA) is 843 Å². The second-order valence-corrected chi connectivity index (χ2v) is 39.4. The van der Waals surface area contributed by atoms with Crippen molar-refractivity contribution in [2.45, 2.75) is 274 Å². The molecule has 2 aromatic rings. The van der Waals surface area contributed by atoms with Crippen LogP contribution in [-0.2, 0) is 114 Å². The fraction of sp³-hybridized carbons (Fsp3) is 0.653. The number of nitrogens with one attached hydrogen (secondary N) is 15. The Bertz CT molecular complexity index is 5170. The number of aromatic amines is 1. The molecule has 0 spiro atoms. The number of nitrogens with two attached hydrogens (primary N) is 7. The summed E-state index contributed by atoms with van der Waals surface area (Å²) in [7, 11) is 0. The molecule has 0 bridgehead atoms. The summed E-state index contributed by atoms with van der Waals surface area (Å²) < 4.78 is 0. The Morgan fingerprint density at radius 3 is 1.37 bits per heavy atom. The average Bonchev–Trinajstić information content (AvgIpc) is 1.64. The lowest BCUT2D eigenvalue weighted by Crippen LogP contribution is -2.61. The molecular formula is C95H150N32O23. The van der Waals surface area contributed by atoms with E-state index in [4.69, 9.17) is 56.4 Å². The second-order valence-electron chi connectivity index (χ2n) is 39.4. The minimum atomic E-state index is -1.81. The van der Waals surface area contributed by atoms with Gasteiger partial charge in [-0.3, -0.25) is 112 Å². The summed E-state index contributed by atoms with van der Waals surface area (Å²) in [5, 5.41) is 72.1. The molecule has 0 radical (unpaired) electrons. The van der Waals surface area contributed by atoms with Gasteiger partial charge in [-0.05, 0) is 145 Å². The fourth-order valence-electron chi connectivity index (χ4n) is 19.4. The molecular weight excluding hydrogens is 1960 g/mol. The van der Waals surface area contributed by atoms with Crippen LogP contribution >= 0.6 is 0 Å². The standard InChI is InChI=1S/C95H150N32O23/c1-7-54(6)78(118-80(137)59(42-55-23-25-57(128)26-24-55)114-84(141)77(53(4)5)117-83(140)64-17-8-35-122(64)75(134)49-120(33-15-30-108-94(102)103)85(142)62(45-72(99)131)115-79(136)60(44-71(98)130)111-73(132)46-96)91(148)125-38-10-19-66(125)81(138)113-58(27-28-70(97)129)86(143)126-39-12-21-68(126)89(146)121(34-16-31-109-95(104)105)50-76(135)123-36-11-22-69(123)90(147)124-37-9-18-65(124)82(139)116-61(43-56-47-106-51-110-56)87(144)127-40-13-20-67(127)88(145)119(32-14-29-107-93(100)101)48-74(133)112-63(92(149)150)41-52(2)3/h23-26,47,51-54,58-69,77-78,128H,7-22,27-46,48-50,96H2,1-6H3,(H2,97,129)(H2,98,130)(H2,99,131)(H,106,110)(H,111,132)(H,112,133)(H,113,138)(H,114,141)(H,115,136)(H,116,139)(H,117,140)(H,118,137)(H,149,150)(H4,100,101,107)(H4,102,103,108)(H4,104,105,109)/t54-,58-,59-,60-,61-,62-,63-,64-,65-,66-,67-,68-,69-,77-,78-/m0/s1. The molecule has 55 heteroatoms. The summed E-state index contributed by atoms with van der Waals surface area (Å²) in [4.78, 5) is 317. The third kappa shape index (κ3) is 35.3. The van der Waals surface area contributed by atoms with Crippen LogP contribution in [0, 0.1) is 34.0 Å². The number of guanidine groups is 3. The predicted octanol–water partition coefficient (Wildman–Crippen LogP) is -8.36. The van der Waals surface area contributed by atoms with Crippen LogP contribution in [0.15, 0.2) is 36.8 Å². The van der Waals surface area contributed by atoms with Gasteiger partial charge in [0.1, 0.15) is 90.3 Å². The second kappa shape index (κ2) is 58.0. The summed E-state index contributed by atoms with van der Waals surface area (Å²) in [6, 6.07) is -13.9. The number of hydrogen-bond acceptors (Lipinski definition) is 27. The number of nitrogens with zero attached hydrogens (tertiary/aromatic N) is 10. The van der Waals surface area contributed by atoms with Gasteiger partial charge in [-0.2, -0.15) is 0 Å². The van der Waals surface area contributed by atoms with Crippen LogP contribution in [0.4, 0.5) is 0 Å². The molecule has 150 heavy (non-hydrogen) atoms. The molecule has 6 aliphatic heterocycles. The summed E-state index contributed by atoms with van der Waals surface area (Å²) in [6.45, 7) is 7.09. The van der Waals surface area contributed by atoms with Gasteiger partial charge in [0, 0.05) is 104 Å². The van der Waals surface area contributed by atoms with E-state index in [0.717, 1.165) is 9.80 Å². The van der Waals surface area contributed by atoms with Crippen molar-refractivity contribution in [3.8, 4) is 5.75 Å². The number of aliphatic carboxylic acids is 1. The van der Waals surface area contributed by atoms with Gasteiger partial charge in [-0.25, -0.2) is 9.78 Å². The van der Waals surface area contributed by atoms with E-state index in [1.165, 1.54) is 71.1 Å². The number of aromatic nitrogens is 2. The highest BCUT2D eigenvalue weighted by molar-refractivity contribution is 6.03. The van der Waals surface area contributed by atoms with Gasteiger partial charge >= 0.3 is 5.97 Å². The molecule has 6 aliphatic rings. The van der Waals surface area contributed by atoms with Crippen molar-refractivity contribution in [3.05, 3.63) is 48.0 Å². The number of likely N-dealkylation sites (tertiary alicyclic amines) is 6. The summed E-state index contributed by atoms with van der Waals surface area (Å²) in [5.74, 6) is -21.0. The first kappa shape index (κ1) is 120. The van der Waals surface area contributed by atoms with E-state index < -0.39 is 284 Å². The SMILES string of the molecule is CC[C@H](C)[C@H](NC(=O)[C@H](Cc1ccc(O)cc1)NC(=O)[C@@H](NC(=O)[C@@H]1CCCN1C(=O)CN(CCCNC(=N)N)C(=O)[C@H](CC(N)=O)NC(=O)[C@H](CC(N)=O)NC(=O)CN)C(C)C)C(=O)N1CCC[C@H]1C(=O)N[C@@H](CCC(N)=O)C(=O)N1CCC[C@H]1C(=O)N(CCCNC(=N)N)CC(=O)N1CCC[C@H]1C(=O)N1CCC[C@H]1C(=O)N[C@@H](Cc1c[nH]cn1)C(=O)N1CCC[C@H]1C(=O)N(CCCNC(=N)N)CC(=O)N[C@@H](CC(C)C)C(=O)O. The van der Waals surface area contributed by atoms with Crippen molar-refractivity contribution in [2.24, 2.45) is 57.9 Å². The van der Waals surface area contributed by atoms with E-state index in [-0.39, 0.29) is 199 Å². The van der Waals surface area contributed by atoms with Crippen LogP contribution in [-0.4, -0.2) is 396 Å². The fourth-order valence-corrected chi connectivity index (χ4v) is 19.4. The normalized spacial score (nSPS) is 19.1. The monoisotopic (exact) mass is 2110 g/mol. The summed E-state index contributed by atoms with van der Waals surface area (Å²) in [5.41, 5.74) is 39.4. The minimum Gasteiger partial charge on any atom is -0.508 e. The Hall–Kier alpha value is -15.1. The Balaban J connectivity index is 0.955. The molecule has 7 heterocycles. The van der Waals surface area contributed by atoms with Crippen molar-refractivity contribution < 1.29 is 111 Å². The molecule has 6 fully saturated rings. The first-order chi connectivity index (χ1) is 71.1. The molecule has 0 saturated carbocycles. The lowest BCUT2D eigenvalue weighted by molar-refractivity contribution is -0.151. The van der Waals surface area contributed by atoms with Gasteiger partial charge in [0.2, 0.25) is 118 Å². The maximum atomic E-state index is 15.4. The highest BCUT2D eigenvalue weighted by Gasteiger charge is 2.50. The largest absolute Gasteiger partial charge is 0.508 e. The number of rotatable bonds is 57. The lowest BCUT2D eigenvalue weighted by Gasteiger charge is -2.35. The number of phenols is 1. The maximum absolute atomic E-state index is 15.4. The molecule has 6 saturated heterocycles. The molecule has 15 atom stereocenters. The van der Waals surface area contributed by atoms with Crippen LogP contribution in [0.5, 0.6) is 5.75 Å². The zero-order valence-corrected chi connectivity index (χ0v) is 85.8. The van der Waals surface area contributed by atoms with E-state index in [1.54, 1.807) is 41.5 Å². The Morgan fingerprint density at radius 2 is 0.887 bits per heavy atom. The quantitative estimate of drug-likeness (QED) is 0.0166. The third-order valence-corrected chi connectivity index (χ3v) is 27.2. The van der Waals surface area contributed by atoms with Crippen molar-refractivity contribution in [1.82, 2.24) is 113 Å². The van der Waals surface area contributed by atoms with Crippen molar-refractivity contribution in [1.29, 1.82) is 16.2 Å². The average molecular weight is 2110 g/mol. The van der Waals surface area contributed by atoms with Gasteiger partial charge in [-0.15, -0.1) is 0 Å². The van der Waals surface area contributed by atoms with E-state index in [0.29, 0.717) is 30.5 Å². The molecule has 8 rings (SSSR count). The number of primary amides is 3. The number of H-pyrrole nitrogens is 1. The molecule has 55 nitrogen and oxygen atoms in total. The zero-order valence-electron chi connectivity index (χ0n) is 85.8. The molecule has 828 valence electrons. The number of carboxylic acids is 1. The summed E-state index contributed by atoms with van der Waals surface area (Å²) in [6.07, 6.45) is 2.76. The number of aromatic hydroxyl groups is 1. The zero-order chi connectivity index (χ0) is 111. The Morgan fingerprint density at radius 1 is 0.453 bits per heavy atom. The van der Waals surface area contributed by atoms with Crippen molar-refractivity contribution >= 4 is 142 Å². The van der Waals surface area contributed by atoms with E-state index in [9.17, 15) is 72.5 Å². The number of amides is 20. The lowest BCUT2D eigenvalue weighted by atomic mass is 9.96. The van der Waals surface area contributed by atoms with Gasteiger partial charge < -0.3 is 158 Å².